The number of nitrogens with one attached hydrogen (secondary N) is 2. The lowest BCUT2D eigenvalue weighted by atomic mass is 10.0. The van der Waals surface area contributed by atoms with Gasteiger partial charge in [-0.2, -0.15) is 5.26 Å². The van der Waals surface area contributed by atoms with Gasteiger partial charge in [-0.3, -0.25) is 14.5 Å². The van der Waals surface area contributed by atoms with Crippen LogP contribution in [0.5, 0.6) is 0 Å². The highest BCUT2D eigenvalue weighted by atomic mass is 16.2. The summed E-state index contributed by atoms with van der Waals surface area (Å²) in [6.45, 7) is 2.68. The van der Waals surface area contributed by atoms with Crippen LogP contribution in [0.1, 0.15) is 24.0 Å². The van der Waals surface area contributed by atoms with Crippen LogP contribution in [0.3, 0.4) is 0 Å². The van der Waals surface area contributed by atoms with E-state index in [0.29, 0.717) is 11.3 Å². The summed E-state index contributed by atoms with van der Waals surface area (Å²) in [5.74, 6) is -1.31. The van der Waals surface area contributed by atoms with Gasteiger partial charge in [0, 0.05) is 31.4 Å². The fraction of sp³-hybridized carbons (Fsp3) is 0.286. The predicted molar refractivity (Wildman–Crippen MR) is 103 cm³/mol. The molecule has 0 unspecified atom stereocenters. The molecular formula is C21H22N4O2. The molecule has 2 aromatic carbocycles. The van der Waals surface area contributed by atoms with Crippen molar-refractivity contribution in [3.8, 4) is 6.07 Å². The van der Waals surface area contributed by atoms with Crippen molar-refractivity contribution in [3.05, 3.63) is 65.7 Å². The van der Waals surface area contributed by atoms with Gasteiger partial charge in [0.1, 0.15) is 0 Å². The number of piperidine rings is 1. The van der Waals surface area contributed by atoms with Gasteiger partial charge in [-0.15, -0.1) is 0 Å². The molecule has 138 valence electrons. The minimum atomic E-state index is -0.688. The third kappa shape index (κ3) is 5.40. The number of benzene rings is 2. The van der Waals surface area contributed by atoms with Crippen LogP contribution < -0.4 is 10.6 Å². The summed E-state index contributed by atoms with van der Waals surface area (Å²) in [6.07, 6.45) is 1.64. The van der Waals surface area contributed by atoms with E-state index in [1.165, 1.54) is 5.56 Å². The molecule has 3 rings (SSSR count). The maximum atomic E-state index is 12.1. The molecule has 1 fully saturated rings. The molecule has 27 heavy (non-hydrogen) atoms. The molecule has 1 aliphatic rings. The first-order valence-electron chi connectivity index (χ1n) is 9.02. The van der Waals surface area contributed by atoms with E-state index in [-0.39, 0.29) is 6.04 Å². The molecule has 2 aromatic rings. The zero-order valence-corrected chi connectivity index (χ0v) is 15.0. The zero-order chi connectivity index (χ0) is 19.1. The van der Waals surface area contributed by atoms with Crippen LogP contribution in [0.15, 0.2) is 54.6 Å². The quantitative estimate of drug-likeness (QED) is 0.817. The maximum absolute atomic E-state index is 12.1. The van der Waals surface area contributed by atoms with Gasteiger partial charge >= 0.3 is 11.8 Å². The van der Waals surface area contributed by atoms with E-state index in [4.69, 9.17) is 5.26 Å². The Kier molecular flexibility index (Phi) is 6.18. The van der Waals surface area contributed by atoms with E-state index in [9.17, 15) is 9.59 Å². The molecule has 0 radical (unpaired) electrons. The highest BCUT2D eigenvalue weighted by Gasteiger charge is 2.23. The number of carbonyl (C=O) groups excluding carboxylic acids is 2. The minimum absolute atomic E-state index is 0.0104. The molecular weight excluding hydrogens is 340 g/mol. The SMILES string of the molecule is N#Cc1ccc(NC(=O)C(=O)NC2CCN(Cc3ccccc3)CC2)cc1. The molecule has 6 nitrogen and oxygen atoms in total. The third-order valence-corrected chi connectivity index (χ3v) is 4.65. The summed E-state index contributed by atoms with van der Waals surface area (Å²) in [6, 6.07) is 18.7. The average Bonchev–Trinajstić information content (AvgIpc) is 2.71. The maximum Gasteiger partial charge on any atom is 0.313 e. The summed E-state index contributed by atoms with van der Waals surface area (Å²) >= 11 is 0. The van der Waals surface area contributed by atoms with Gasteiger partial charge in [-0.1, -0.05) is 30.3 Å². The Labute approximate surface area is 158 Å². The van der Waals surface area contributed by atoms with Crippen LogP contribution in [0.2, 0.25) is 0 Å². The molecule has 2 N–H and O–H groups in total. The lowest BCUT2D eigenvalue weighted by Gasteiger charge is -2.32. The Hall–Kier alpha value is -3.17. The molecule has 0 saturated carbocycles. The standard InChI is InChI=1S/C21H22N4O2/c22-14-16-6-8-18(9-7-16)23-20(26)21(27)24-19-10-12-25(13-11-19)15-17-4-2-1-3-5-17/h1-9,19H,10-13,15H2,(H,23,26)(H,24,27). The third-order valence-electron chi connectivity index (χ3n) is 4.65. The number of amides is 2. The van der Waals surface area contributed by atoms with Crippen molar-refractivity contribution in [3.63, 3.8) is 0 Å². The predicted octanol–water partition coefficient (Wildman–Crippen LogP) is 2.28. The van der Waals surface area contributed by atoms with E-state index in [1.807, 2.05) is 24.3 Å². The summed E-state index contributed by atoms with van der Waals surface area (Å²) in [4.78, 5) is 26.5. The molecule has 6 heteroatoms. The molecule has 1 heterocycles. The molecule has 0 aliphatic carbocycles. The summed E-state index contributed by atoms with van der Waals surface area (Å²) in [5, 5.41) is 14.1. The van der Waals surface area contributed by atoms with Crippen LogP contribution in [-0.2, 0) is 16.1 Å². The number of anilines is 1. The largest absolute Gasteiger partial charge is 0.345 e. The van der Waals surface area contributed by atoms with Gasteiger partial charge in [-0.05, 0) is 42.7 Å². The Balaban J connectivity index is 1.43. The Morgan fingerprint density at radius 3 is 2.30 bits per heavy atom. The summed E-state index contributed by atoms with van der Waals surface area (Å²) in [5.41, 5.74) is 2.27. The van der Waals surface area contributed by atoms with Crippen molar-refractivity contribution < 1.29 is 9.59 Å². The Morgan fingerprint density at radius 1 is 1.00 bits per heavy atom. The van der Waals surface area contributed by atoms with Crippen molar-refractivity contribution in [1.29, 1.82) is 5.26 Å². The Morgan fingerprint density at radius 2 is 1.67 bits per heavy atom. The first-order valence-corrected chi connectivity index (χ1v) is 9.02. The molecule has 1 aliphatic heterocycles. The lowest BCUT2D eigenvalue weighted by molar-refractivity contribution is -0.136. The Bertz CT molecular complexity index is 820. The molecule has 0 atom stereocenters. The van der Waals surface area contributed by atoms with E-state index in [2.05, 4.69) is 27.7 Å². The molecule has 0 spiro atoms. The first kappa shape index (κ1) is 18.6. The number of nitriles is 1. The molecule has 1 saturated heterocycles. The van der Waals surface area contributed by atoms with Crippen LogP contribution in [0, 0.1) is 11.3 Å². The second-order valence-corrected chi connectivity index (χ2v) is 6.65. The number of nitrogens with zero attached hydrogens (tertiary/aromatic N) is 2. The van der Waals surface area contributed by atoms with Crippen molar-refractivity contribution in [2.24, 2.45) is 0 Å². The summed E-state index contributed by atoms with van der Waals surface area (Å²) < 4.78 is 0. The first-order chi connectivity index (χ1) is 13.1. The molecule has 2 amide bonds. The van der Waals surface area contributed by atoms with Gasteiger partial charge in [0.2, 0.25) is 0 Å². The fourth-order valence-electron chi connectivity index (χ4n) is 3.14. The van der Waals surface area contributed by atoms with E-state index in [1.54, 1.807) is 24.3 Å². The molecule has 0 aromatic heterocycles. The average molecular weight is 362 g/mol. The smallest absolute Gasteiger partial charge is 0.313 e. The number of hydrogen-bond donors (Lipinski definition) is 2. The minimum Gasteiger partial charge on any atom is -0.345 e. The number of likely N-dealkylation sites (tertiary alicyclic amines) is 1. The van der Waals surface area contributed by atoms with Gasteiger partial charge in [0.15, 0.2) is 0 Å². The van der Waals surface area contributed by atoms with Gasteiger partial charge in [0.25, 0.3) is 0 Å². The van der Waals surface area contributed by atoms with Crippen molar-refractivity contribution >= 4 is 17.5 Å². The molecule has 0 bridgehead atoms. The van der Waals surface area contributed by atoms with Crippen molar-refractivity contribution in [2.45, 2.75) is 25.4 Å². The van der Waals surface area contributed by atoms with E-state index >= 15 is 0 Å². The van der Waals surface area contributed by atoms with Crippen LogP contribution in [0.25, 0.3) is 0 Å². The van der Waals surface area contributed by atoms with Gasteiger partial charge < -0.3 is 10.6 Å². The van der Waals surface area contributed by atoms with E-state index in [0.717, 1.165) is 32.5 Å². The monoisotopic (exact) mass is 362 g/mol. The summed E-state index contributed by atoms with van der Waals surface area (Å²) in [7, 11) is 0. The van der Waals surface area contributed by atoms with Gasteiger partial charge in [-0.25, -0.2) is 0 Å². The normalized spacial score (nSPS) is 14.9. The second kappa shape index (κ2) is 8.97. The van der Waals surface area contributed by atoms with E-state index < -0.39 is 11.8 Å². The van der Waals surface area contributed by atoms with Crippen molar-refractivity contribution in [2.75, 3.05) is 18.4 Å². The highest BCUT2D eigenvalue weighted by Crippen LogP contribution is 2.14. The van der Waals surface area contributed by atoms with Crippen molar-refractivity contribution in [1.82, 2.24) is 10.2 Å². The van der Waals surface area contributed by atoms with Crippen LogP contribution >= 0.6 is 0 Å². The zero-order valence-electron chi connectivity index (χ0n) is 15.0. The van der Waals surface area contributed by atoms with Gasteiger partial charge in [0.05, 0.1) is 11.6 Å². The van der Waals surface area contributed by atoms with Crippen LogP contribution in [-0.4, -0.2) is 35.8 Å². The fourth-order valence-corrected chi connectivity index (χ4v) is 3.14. The lowest BCUT2D eigenvalue weighted by Crippen LogP contribution is -2.47. The number of rotatable bonds is 4. The number of carbonyl (C=O) groups is 2. The van der Waals surface area contributed by atoms with Crippen LogP contribution in [0.4, 0.5) is 5.69 Å². The topological polar surface area (TPSA) is 85.2 Å². The highest BCUT2D eigenvalue weighted by molar-refractivity contribution is 6.39. The number of hydrogen-bond acceptors (Lipinski definition) is 4. The second-order valence-electron chi connectivity index (χ2n) is 6.65.